The van der Waals surface area contributed by atoms with Crippen molar-refractivity contribution in [1.29, 1.82) is 0 Å². The minimum absolute atomic E-state index is 0.0207. The summed E-state index contributed by atoms with van der Waals surface area (Å²) in [5, 5.41) is 6.25. The summed E-state index contributed by atoms with van der Waals surface area (Å²) in [6.07, 6.45) is 9.73. The first kappa shape index (κ1) is 39.1. The zero-order chi connectivity index (χ0) is 33.5. The predicted molar refractivity (Wildman–Crippen MR) is 183 cm³/mol. The number of nitrogens with zero attached hydrogens (tertiary/aromatic N) is 2. The number of hydrogen-bond acceptors (Lipinski definition) is 4. The molecular weight excluding hydrogens is 564 g/mol. The lowest BCUT2D eigenvalue weighted by Crippen LogP contribution is -2.47. The fourth-order valence-corrected chi connectivity index (χ4v) is 7.33. The Morgan fingerprint density at radius 3 is 1.07 bits per heavy atom. The summed E-state index contributed by atoms with van der Waals surface area (Å²) >= 11 is 0. The molecule has 8 nitrogen and oxygen atoms in total. The predicted octanol–water partition coefficient (Wildman–Crippen LogP) is 6.28. The molecule has 4 unspecified atom stereocenters. The molecule has 0 bridgehead atoms. The number of carbonyl (C=O) groups excluding carboxylic acids is 4. The fraction of sp³-hybridized carbons (Fsp3) is 0.892. The van der Waals surface area contributed by atoms with E-state index in [0.29, 0.717) is 36.8 Å². The highest BCUT2D eigenvalue weighted by Gasteiger charge is 2.39. The van der Waals surface area contributed by atoms with Crippen molar-refractivity contribution >= 4 is 23.6 Å². The van der Waals surface area contributed by atoms with Crippen molar-refractivity contribution in [2.45, 2.75) is 126 Å². The number of nitrogens with one attached hydrogen (secondary N) is 2. The van der Waals surface area contributed by atoms with E-state index in [1.807, 2.05) is 9.80 Å². The van der Waals surface area contributed by atoms with Gasteiger partial charge >= 0.3 is 0 Å². The Morgan fingerprint density at radius 1 is 0.489 bits per heavy atom. The maximum absolute atomic E-state index is 13.6. The SMILES string of the molecule is CC(C)CN(CC(C)C)C(=O)C1CCCCC1C(=O)NCCCCCNC(=O)C1CCCCC1C(=O)N(CC(C)C)CC(C)C. The van der Waals surface area contributed by atoms with Gasteiger partial charge in [0.25, 0.3) is 0 Å². The highest BCUT2D eigenvalue weighted by molar-refractivity contribution is 5.88. The molecule has 2 saturated carbocycles. The summed E-state index contributed by atoms with van der Waals surface area (Å²) in [6, 6.07) is 0. The molecule has 8 heteroatoms. The van der Waals surface area contributed by atoms with Crippen molar-refractivity contribution in [2.24, 2.45) is 47.3 Å². The van der Waals surface area contributed by atoms with Crippen LogP contribution in [0.25, 0.3) is 0 Å². The molecule has 2 rings (SSSR count). The van der Waals surface area contributed by atoms with Gasteiger partial charge in [0.15, 0.2) is 0 Å². The average molecular weight is 633 g/mol. The minimum Gasteiger partial charge on any atom is -0.356 e. The largest absolute Gasteiger partial charge is 0.356 e. The molecule has 0 saturated heterocycles. The van der Waals surface area contributed by atoms with Crippen LogP contribution in [0, 0.1) is 47.3 Å². The standard InChI is InChI=1S/C37H68N4O4/c1-26(2)22-40(23-27(3)4)36(44)32-18-12-10-16-30(32)34(42)38-20-14-9-15-21-39-35(43)31-17-11-13-19-33(31)37(45)41(24-28(5)6)25-29(7)8/h26-33H,9-25H2,1-8H3,(H,38,42)(H,39,43). The van der Waals surface area contributed by atoms with E-state index in [1.165, 1.54) is 0 Å². The lowest BCUT2D eigenvalue weighted by atomic mass is 9.77. The Balaban J connectivity index is 1.79. The van der Waals surface area contributed by atoms with Gasteiger partial charge in [-0.15, -0.1) is 0 Å². The normalized spacial score (nSPS) is 22.1. The first-order valence-electron chi connectivity index (χ1n) is 18.4. The van der Waals surface area contributed by atoms with Crippen LogP contribution in [0.2, 0.25) is 0 Å². The second-order valence-electron chi connectivity index (χ2n) is 15.7. The van der Waals surface area contributed by atoms with Gasteiger partial charge in [-0.05, 0) is 68.6 Å². The minimum atomic E-state index is -0.240. The van der Waals surface area contributed by atoms with Crippen LogP contribution in [0.15, 0.2) is 0 Å². The maximum atomic E-state index is 13.6. The first-order chi connectivity index (χ1) is 21.3. The molecule has 2 aliphatic rings. The van der Waals surface area contributed by atoms with Gasteiger partial charge in [0.1, 0.15) is 0 Å². The Kier molecular flexibility index (Phi) is 17.5. The van der Waals surface area contributed by atoms with E-state index in [-0.39, 0.29) is 47.3 Å². The molecule has 260 valence electrons. The van der Waals surface area contributed by atoms with E-state index >= 15 is 0 Å². The molecular formula is C37H68N4O4. The highest BCUT2D eigenvalue weighted by Crippen LogP contribution is 2.33. The maximum Gasteiger partial charge on any atom is 0.226 e. The third-order valence-corrected chi connectivity index (χ3v) is 9.26. The van der Waals surface area contributed by atoms with Crippen LogP contribution >= 0.6 is 0 Å². The lowest BCUT2D eigenvalue weighted by molar-refractivity contribution is -0.144. The van der Waals surface area contributed by atoms with Crippen molar-refractivity contribution in [2.75, 3.05) is 39.3 Å². The van der Waals surface area contributed by atoms with Gasteiger partial charge in [-0.25, -0.2) is 0 Å². The zero-order valence-electron chi connectivity index (χ0n) is 30.2. The molecule has 2 fully saturated rings. The van der Waals surface area contributed by atoms with Crippen LogP contribution in [0.1, 0.15) is 126 Å². The van der Waals surface area contributed by atoms with E-state index in [1.54, 1.807) is 0 Å². The van der Waals surface area contributed by atoms with Gasteiger partial charge in [0.05, 0.1) is 0 Å². The monoisotopic (exact) mass is 633 g/mol. The Hall–Kier alpha value is -2.12. The van der Waals surface area contributed by atoms with E-state index in [4.69, 9.17) is 0 Å². The van der Waals surface area contributed by atoms with Crippen molar-refractivity contribution in [3.05, 3.63) is 0 Å². The molecule has 2 N–H and O–H groups in total. The van der Waals surface area contributed by atoms with Gasteiger partial charge in [-0.3, -0.25) is 19.2 Å². The third kappa shape index (κ3) is 13.6. The second kappa shape index (κ2) is 20.2. The lowest BCUT2D eigenvalue weighted by Gasteiger charge is -2.35. The van der Waals surface area contributed by atoms with Crippen LogP contribution in [-0.2, 0) is 19.2 Å². The number of amides is 4. The van der Waals surface area contributed by atoms with E-state index < -0.39 is 0 Å². The van der Waals surface area contributed by atoms with E-state index in [2.05, 4.69) is 66.0 Å². The smallest absolute Gasteiger partial charge is 0.226 e. The number of hydrogen-bond donors (Lipinski definition) is 2. The summed E-state index contributed by atoms with van der Waals surface area (Å²) in [4.78, 5) is 57.6. The molecule has 2 aliphatic carbocycles. The molecule has 0 aromatic rings. The number of unbranched alkanes of at least 4 members (excludes halogenated alkanes) is 2. The number of carbonyl (C=O) groups is 4. The zero-order valence-corrected chi connectivity index (χ0v) is 30.2. The van der Waals surface area contributed by atoms with Crippen LogP contribution in [0.5, 0.6) is 0 Å². The molecule has 45 heavy (non-hydrogen) atoms. The summed E-state index contributed by atoms with van der Waals surface area (Å²) in [6.45, 7) is 21.3. The van der Waals surface area contributed by atoms with Crippen molar-refractivity contribution in [3.8, 4) is 0 Å². The van der Waals surface area contributed by atoms with Crippen LogP contribution in [0.4, 0.5) is 0 Å². The van der Waals surface area contributed by atoms with Crippen molar-refractivity contribution < 1.29 is 19.2 Å². The van der Waals surface area contributed by atoms with E-state index in [0.717, 1.165) is 96.8 Å². The van der Waals surface area contributed by atoms with Crippen LogP contribution < -0.4 is 10.6 Å². The molecule has 0 aliphatic heterocycles. The van der Waals surface area contributed by atoms with Crippen LogP contribution in [0.3, 0.4) is 0 Å². The molecule has 0 aromatic heterocycles. The topological polar surface area (TPSA) is 98.8 Å². The average Bonchev–Trinajstić information content (AvgIpc) is 2.98. The molecule has 0 radical (unpaired) electrons. The van der Waals surface area contributed by atoms with Crippen molar-refractivity contribution in [3.63, 3.8) is 0 Å². The molecule has 4 amide bonds. The highest BCUT2D eigenvalue weighted by atomic mass is 16.2. The molecule has 0 heterocycles. The fourth-order valence-electron chi connectivity index (χ4n) is 7.33. The van der Waals surface area contributed by atoms with Crippen LogP contribution in [-0.4, -0.2) is 72.7 Å². The van der Waals surface area contributed by atoms with Gasteiger partial charge < -0.3 is 20.4 Å². The number of rotatable bonds is 18. The van der Waals surface area contributed by atoms with Gasteiger partial charge in [-0.2, -0.15) is 0 Å². The summed E-state index contributed by atoms with van der Waals surface area (Å²) in [7, 11) is 0. The summed E-state index contributed by atoms with van der Waals surface area (Å²) < 4.78 is 0. The van der Waals surface area contributed by atoms with Gasteiger partial charge in [0, 0.05) is 62.9 Å². The third-order valence-electron chi connectivity index (χ3n) is 9.26. The molecule has 0 spiro atoms. The second-order valence-corrected chi connectivity index (χ2v) is 15.7. The van der Waals surface area contributed by atoms with E-state index in [9.17, 15) is 19.2 Å². The Morgan fingerprint density at radius 2 is 0.778 bits per heavy atom. The first-order valence-corrected chi connectivity index (χ1v) is 18.4. The Labute approximate surface area is 275 Å². The Bertz CT molecular complexity index is 826. The summed E-state index contributed by atoms with van der Waals surface area (Å²) in [5.41, 5.74) is 0. The molecule has 4 atom stereocenters. The van der Waals surface area contributed by atoms with Crippen molar-refractivity contribution in [1.82, 2.24) is 20.4 Å². The van der Waals surface area contributed by atoms with Gasteiger partial charge in [-0.1, -0.05) is 81.1 Å². The van der Waals surface area contributed by atoms with Gasteiger partial charge in [0.2, 0.25) is 23.6 Å². The quantitative estimate of drug-likeness (QED) is 0.174. The summed E-state index contributed by atoms with van der Waals surface area (Å²) in [5.74, 6) is 1.03. The molecule has 0 aromatic carbocycles.